The topological polar surface area (TPSA) is 53.4 Å². The van der Waals surface area contributed by atoms with Crippen molar-refractivity contribution in [3.63, 3.8) is 0 Å². The van der Waals surface area contributed by atoms with E-state index in [0.717, 1.165) is 25.7 Å². The second-order valence-corrected chi connectivity index (χ2v) is 7.35. The molecule has 0 radical (unpaired) electrons. The van der Waals surface area contributed by atoms with E-state index in [4.69, 9.17) is 0 Å². The van der Waals surface area contributed by atoms with Gasteiger partial charge in [-0.2, -0.15) is 0 Å². The molecule has 1 aliphatic carbocycles. The van der Waals surface area contributed by atoms with Crippen molar-refractivity contribution in [3.8, 4) is 0 Å². The fourth-order valence-electron chi connectivity index (χ4n) is 3.96. The third-order valence-electron chi connectivity index (χ3n) is 5.55. The van der Waals surface area contributed by atoms with E-state index < -0.39 is 0 Å². The Morgan fingerprint density at radius 1 is 1.29 bits per heavy atom. The van der Waals surface area contributed by atoms with Crippen molar-refractivity contribution in [2.75, 3.05) is 33.2 Å². The molecule has 0 aromatic carbocycles. The summed E-state index contributed by atoms with van der Waals surface area (Å²) in [6, 6.07) is 0.837. The summed E-state index contributed by atoms with van der Waals surface area (Å²) in [6.07, 6.45) is 13.6. The van der Waals surface area contributed by atoms with Gasteiger partial charge in [0.15, 0.2) is 0 Å². The molecule has 2 aliphatic rings. The Labute approximate surface area is 145 Å². The van der Waals surface area contributed by atoms with Crippen LogP contribution in [0.2, 0.25) is 0 Å². The molecule has 1 N–H and O–H groups in total. The summed E-state index contributed by atoms with van der Waals surface area (Å²) in [5.41, 5.74) is 0. The van der Waals surface area contributed by atoms with Gasteiger partial charge in [-0.3, -0.25) is 0 Å². The predicted molar refractivity (Wildman–Crippen MR) is 94.8 cm³/mol. The molecule has 2 amide bonds. The van der Waals surface area contributed by atoms with Gasteiger partial charge in [0, 0.05) is 51.7 Å². The van der Waals surface area contributed by atoms with Crippen molar-refractivity contribution >= 4 is 6.03 Å². The zero-order valence-electron chi connectivity index (χ0n) is 14.9. The summed E-state index contributed by atoms with van der Waals surface area (Å²) in [6.45, 7) is 4.65. The number of hydrogen-bond donors (Lipinski definition) is 1. The van der Waals surface area contributed by atoms with E-state index in [1.807, 2.05) is 17.8 Å². The lowest BCUT2D eigenvalue weighted by molar-refractivity contribution is 0.183. The highest BCUT2D eigenvalue weighted by Crippen LogP contribution is 2.27. The number of carbonyl (C=O) groups excluding carboxylic acids is 1. The molecule has 6 heteroatoms. The Balaban J connectivity index is 1.34. The van der Waals surface area contributed by atoms with E-state index in [9.17, 15) is 4.79 Å². The standard InChI is InChI=1S/C18H31N5O/c1-21(11-12-22-10-8-19-15-22)18(24)20-13-16-7-9-23(14-16)17-5-3-2-4-6-17/h8,10,15-17H,2-7,9,11-14H2,1H3,(H,20,24)/t16-/m0/s1. The van der Waals surface area contributed by atoms with Gasteiger partial charge < -0.3 is 19.7 Å². The summed E-state index contributed by atoms with van der Waals surface area (Å²) >= 11 is 0. The quantitative estimate of drug-likeness (QED) is 0.868. The Bertz CT molecular complexity index is 498. The van der Waals surface area contributed by atoms with Crippen LogP contribution in [0.25, 0.3) is 0 Å². The normalized spacial score (nSPS) is 22.6. The van der Waals surface area contributed by atoms with E-state index in [1.54, 1.807) is 17.4 Å². The molecule has 3 rings (SSSR count). The lowest BCUT2D eigenvalue weighted by Gasteiger charge is -2.31. The van der Waals surface area contributed by atoms with Gasteiger partial charge in [0.2, 0.25) is 0 Å². The number of rotatable bonds is 6. The maximum atomic E-state index is 12.2. The summed E-state index contributed by atoms with van der Waals surface area (Å²) in [5.74, 6) is 0.609. The number of hydrogen-bond acceptors (Lipinski definition) is 3. The minimum absolute atomic E-state index is 0.0335. The number of carbonyl (C=O) groups is 1. The maximum absolute atomic E-state index is 12.2. The SMILES string of the molecule is CN(CCn1ccnc1)C(=O)NC[C@@H]1CCN(C2CCCCC2)C1. The van der Waals surface area contributed by atoms with Gasteiger partial charge >= 0.3 is 6.03 Å². The third kappa shape index (κ3) is 4.72. The van der Waals surface area contributed by atoms with Crippen LogP contribution >= 0.6 is 0 Å². The van der Waals surface area contributed by atoms with Crippen LogP contribution in [0.4, 0.5) is 4.79 Å². The molecule has 1 saturated carbocycles. The molecule has 1 atom stereocenters. The van der Waals surface area contributed by atoms with Gasteiger partial charge in [-0.25, -0.2) is 9.78 Å². The van der Waals surface area contributed by atoms with E-state index in [2.05, 4.69) is 15.2 Å². The molecule has 134 valence electrons. The van der Waals surface area contributed by atoms with Crippen molar-refractivity contribution in [1.29, 1.82) is 0 Å². The van der Waals surface area contributed by atoms with E-state index in [-0.39, 0.29) is 6.03 Å². The lowest BCUT2D eigenvalue weighted by Crippen LogP contribution is -2.41. The Morgan fingerprint density at radius 3 is 2.88 bits per heavy atom. The molecule has 2 heterocycles. The van der Waals surface area contributed by atoms with Crippen molar-refractivity contribution in [2.45, 2.75) is 51.1 Å². The van der Waals surface area contributed by atoms with Crippen LogP contribution in [0, 0.1) is 5.92 Å². The van der Waals surface area contributed by atoms with Gasteiger partial charge in [0.05, 0.1) is 6.33 Å². The van der Waals surface area contributed by atoms with Gasteiger partial charge in [-0.15, -0.1) is 0 Å². The molecule has 1 aliphatic heterocycles. The van der Waals surface area contributed by atoms with Crippen LogP contribution in [0.3, 0.4) is 0 Å². The zero-order valence-corrected chi connectivity index (χ0v) is 14.9. The first-order valence-corrected chi connectivity index (χ1v) is 9.41. The average molecular weight is 333 g/mol. The fourth-order valence-corrected chi connectivity index (χ4v) is 3.96. The van der Waals surface area contributed by atoms with E-state index in [0.29, 0.717) is 12.5 Å². The van der Waals surface area contributed by atoms with Crippen molar-refractivity contribution in [1.82, 2.24) is 24.7 Å². The van der Waals surface area contributed by atoms with Gasteiger partial charge in [-0.05, 0) is 31.7 Å². The number of imidazole rings is 1. The first kappa shape index (κ1) is 17.3. The smallest absolute Gasteiger partial charge is 0.317 e. The van der Waals surface area contributed by atoms with Crippen LogP contribution in [-0.2, 0) is 6.54 Å². The molecule has 1 aromatic heterocycles. The molecule has 1 saturated heterocycles. The predicted octanol–water partition coefficient (Wildman–Crippen LogP) is 2.18. The van der Waals surface area contributed by atoms with Crippen molar-refractivity contribution < 1.29 is 4.79 Å². The summed E-state index contributed by atoms with van der Waals surface area (Å²) in [5, 5.41) is 3.11. The molecular weight excluding hydrogens is 302 g/mol. The molecule has 1 aromatic rings. The first-order valence-electron chi connectivity index (χ1n) is 9.41. The summed E-state index contributed by atoms with van der Waals surface area (Å²) in [4.78, 5) is 20.7. The number of nitrogens with zero attached hydrogens (tertiary/aromatic N) is 4. The van der Waals surface area contributed by atoms with Crippen LogP contribution in [-0.4, -0.2) is 64.7 Å². The third-order valence-corrected chi connectivity index (χ3v) is 5.55. The largest absolute Gasteiger partial charge is 0.338 e. The van der Waals surface area contributed by atoms with Crippen LogP contribution in [0.5, 0.6) is 0 Å². The molecule has 0 unspecified atom stereocenters. The molecule has 6 nitrogen and oxygen atoms in total. The Hall–Kier alpha value is -1.56. The molecule has 24 heavy (non-hydrogen) atoms. The average Bonchev–Trinajstić information content (AvgIpc) is 3.30. The second kappa shape index (κ2) is 8.51. The van der Waals surface area contributed by atoms with Gasteiger partial charge in [0.25, 0.3) is 0 Å². The van der Waals surface area contributed by atoms with E-state index >= 15 is 0 Å². The number of amides is 2. The highest BCUT2D eigenvalue weighted by molar-refractivity contribution is 5.73. The van der Waals surface area contributed by atoms with Crippen LogP contribution in [0.1, 0.15) is 38.5 Å². The fraction of sp³-hybridized carbons (Fsp3) is 0.778. The second-order valence-electron chi connectivity index (χ2n) is 7.35. The molecule has 2 fully saturated rings. The molecular formula is C18H31N5O. The number of urea groups is 1. The zero-order chi connectivity index (χ0) is 16.8. The number of aromatic nitrogens is 2. The highest BCUT2D eigenvalue weighted by Gasteiger charge is 2.29. The monoisotopic (exact) mass is 333 g/mol. The van der Waals surface area contributed by atoms with Crippen molar-refractivity contribution in [2.24, 2.45) is 5.92 Å². The molecule has 0 spiro atoms. The Morgan fingerprint density at radius 2 is 2.12 bits per heavy atom. The van der Waals surface area contributed by atoms with E-state index in [1.165, 1.54) is 45.1 Å². The van der Waals surface area contributed by atoms with Crippen LogP contribution in [0.15, 0.2) is 18.7 Å². The maximum Gasteiger partial charge on any atom is 0.317 e. The Kier molecular flexibility index (Phi) is 6.12. The summed E-state index contributed by atoms with van der Waals surface area (Å²) < 4.78 is 1.99. The number of nitrogens with one attached hydrogen (secondary N) is 1. The minimum Gasteiger partial charge on any atom is -0.338 e. The van der Waals surface area contributed by atoms with Gasteiger partial charge in [0.1, 0.15) is 0 Å². The van der Waals surface area contributed by atoms with Crippen molar-refractivity contribution in [3.05, 3.63) is 18.7 Å². The minimum atomic E-state index is 0.0335. The first-order chi connectivity index (χ1) is 11.7. The van der Waals surface area contributed by atoms with Gasteiger partial charge in [-0.1, -0.05) is 19.3 Å². The number of likely N-dealkylation sites (tertiary alicyclic amines) is 1. The van der Waals surface area contributed by atoms with Crippen LogP contribution < -0.4 is 5.32 Å². The highest BCUT2D eigenvalue weighted by atomic mass is 16.2. The summed E-state index contributed by atoms with van der Waals surface area (Å²) in [7, 11) is 1.86. The lowest BCUT2D eigenvalue weighted by atomic mass is 9.94. The molecule has 0 bridgehead atoms. The number of likely N-dealkylation sites (N-methyl/N-ethyl adjacent to an activating group) is 1.